The summed E-state index contributed by atoms with van der Waals surface area (Å²) >= 11 is 0. The zero-order valence-corrected chi connectivity index (χ0v) is 14.2. The normalized spacial score (nSPS) is 20.0. The van der Waals surface area contributed by atoms with Gasteiger partial charge in [-0.25, -0.2) is 4.72 Å². The van der Waals surface area contributed by atoms with E-state index in [1.54, 1.807) is 10.5 Å². The van der Waals surface area contributed by atoms with Crippen LogP contribution in [0.5, 0.6) is 0 Å². The maximum Gasteiger partial charge on any atom is 0.279 e. The Kier molecular flexibility index (Phi) is 4.94. The van der Waals surface area contributed by atoms with Crippen LogP contribution in [0.3, 0.4) is 0 Å². The van der Waals surface area contributed by atoms with Gasteiger partial charge in [-0.05, 0) is 37.8 Å². The van der Waals surface area contributed by atoms with Gasteiger partial charge in [-0.15, -0.1) is 0 Å². The second-order valence-corrected chi connectivity index (χ2v) is 7.80. The molecule has 0 spiro atoms. The van der Waals surface area contributed by atoms with Gasteiger partial charge in [-0.2, -0.15) is 12.7 Å². The molecule has 2 aromatic rings. The van der Waals surface area contributed by atoms with Crippen LogP contribution in [0.1, 0.15) is 31.7 Å². The number of fused-ring (bicyclic) bond motifs is 1. The molecule has 3 rings (SSSR count). The summed E-state index contributed by atoms with van der Waals surface area (Å²) in [7, 11) is -3.39. The zero-order chi connectivity index (χ0) is 16.3. The minimum atomic E-state index is -3.39. The smallest absolute Gasteiger partial charge is 0.256 e. The number of nitrogens with one attached hydrogen (secondary N) is 1. The molecule has 6 heteroatoms. The lowest BCUT2D eigenvalue weighted by Gasteiger charge is -2.32. The molecule has 1 atom stereocenters. The number of pyridine rings is 1. The van der Waals surface area contributed by atoms with E-state index in [0.29, 0.717) is 19.5 Å². The molecule has 124 valence electrons. The van der Waals surface area contributed by atoms with E-state index in [4.69, 9.17) is 0 Å². The first-order valence-electron chi connectivity index (χ1n) is 8.17. The van der Waals surface area contributed by atoms with Crippen molar-refractivity contribution in [3.63, 3.8) is 0 Å². The SMILES string of the molecule is C[C@H]1CCCCN1S(=O)(=O)NCCc1cccc2cccnc12. The van der Waals surface area contributed by atoms with Gasteiger partial charge in [0.15, 0.2) is 0 Å². The standard InChI is InChI=1S/C17H23N3O2S/c1-14-6-2-3-13-20(14)23(21,22)19-12-10-16-8-4-7-15-9-5-11-18-17(15)16/h4-5,7-9,11,14,19H,2-3,6,10,12-13H2,1H3/t14-/m0/s1. The van der Waals surface area contributed by atoms with Gasteiger partial charge in [-0.3, -0.25) is 4.98 Å². The molecular weight excluding hydrogens is 310 g/mol. The fraction of sp³-hybridized carbons (Fsp3) is 0.471. The van der Waals surface area contributed by atoms with Gasteiger partial charge in [0.1, 0.15) is 0 Å². The maximum absolute atomic E-state index is 12.4. The molecule has 1 aromatic heterocycles. The molecule has 1 aromatic carbocycles. The third-order valence-electron chi connectivity index (χ3n) is 4.45. The van der Waals surface area contributed by atoms with Gasteiger partial charge in [0.25, 0.3) is 10.2 Å². The summed E-state index contributed by atoms with van der Waals surface area (Å²) in [6.07, 6.45) is 5.39. The van der Waals surface area contributed by atoms with E-state index in [0.717, 1.165) is 35.7 Å². The number of hydrogen-bond acceptors (Lipinski definition) is 3. The van der Waals surface area contributed by atoms with Gasteiger partial charge < -0.3 is 0 Å². The van der Waals surface area contributed by atoms with E-state index in [1.807, 2.05) is 37.3 Å². The van der Waals surface area contributed by atoms with Gasteiger partial charge in [0.05, 0.1) is 5.52 Å². The molecule has 1 N–H and O–H groups in total. The van der Waals surface area contributed by atoms with Crippen LogP contribution in [0.25, 0.3) is 10.9 Å². The Morgan fingerprint density at radius 3 is 2.91 bits per heavy atom. The van der Waals surface area contributed by atoms with Crippen molar-refractivity contribution in [2.45, 2.75) is 38.6 Å². The Bertz CT molecular complexity index is 771. The van der Waals surface area contributed by atoms with E-state index in [1.165, 1.54) is 0 Å². The van der Waals surface area contributed by atoms with Crippen molar-refractivity contribution in [1.82, 2.24) is 14.0 Å². The van der Waals surface area contributed by atoms with E-state index in [-0.39, 0.29) is 6.04 Å². The minimum absolute atomic E-state index is 0.0838. The van der Waals surface area contributed by atoms with Crippen LogP contribution in [0.2, 0.25) is 0 Å². The lowest BCUT2D eigenvalue weighted by atomic mass is 10.1. The number of aromatic nitrogens is 1. The first-order chi connectivity index (χ1) is 11.1. The summed E-state index contributed by atoms with van der Waals surface area (Å²) in [4.78, 5) is 4.41. The molecule has 0 aliphatic carbocycles. The Morgan fingerprint density at radius 2 is 2.09 bits per heavy atom. The van der Waals surface area contributed by atoms with Crippen molar-refractivity contribution in [2.75, 3.05) is 13.1 Å². The second kappa shape index (κ2) is 6.95. The van der Waals surface area contributed by atoms with Crippen LogP contribution >= 0.6 is 0 Å². The molecule has 1 saturated heterocycles. The van der Waals surface area contributed by atoms with Gasteiger partial charge in [0, 0.05) is 30.7 Å². The van der Waals surface area contributed by atoms with Gasteiger partial charge in [-0.1, -0.05) is 30.7 Å². The number of piperidine rings is 1. The molecule has 1 fully saturated rings. The average molecular weight is 333 g/mol. The maximum atomic E-state index is 12.4. The minimum Gasteiger partial charge on any atom is -0.256 e. The Morgan fingerprint density at radius 1 is 1.26 bits per heavy atom. The molecule has 0 amide bonds. The Labute approximate surface area is 137 Å². The van der Waals surface area contributed by atoms with Crippen molar-refractivity contribution in [1.29, 1.82) is 0 Å². The van der Waals surface area contributed by atoms with Crippen molar-refractivity contribution in [2.24, 2.45) is 0 Å². The molecule has 0 unspecified atom stereocenters. The molecule has 0 bridgehead atoms. The Balaban J connectivity index is 1.66. The van der Waals surface area contributed by atoms with Gasteiger partial charge >= 0.3 is 0 Å². The summed E-state index contributed by atoms with van der Waals surface area (Å²) in [5, 5.41) is 1.08. The second-order valence-electron chi connectivity index (χ2n) is 6.10. The fourth-order valence-corrected chi connectivity index (χ4v) is 4.67. The van der Waals surface area contributed by atoms with Crippen molar-refractivity contribution in [3.8, 4) is 0 Å². The third-order valence-corrected chi connectivity index (χ3v) is 6.17. The highest BCUT2D eigenvalue weighted by Crippen LogP contribution is 2.19. The average Bonchev–Trinajstić information content (AvgIpc) is 2.55. The van der Waals surface area contributed by atoms with E-state index in [2.05, 4.69) is 9.71 Å². The predicted octanol–water partition coefficient (Wildman–Crippen LogP) is 2.49. The number of nitrogens with zero attached hydrogens (tertiary/aromatic N) is 2. The molecular formula is C17H23N3O2S. The summed E-state index contributed by atoms with van der Waals surface area (Å²) in [5.41, 5.74) is 2.01. The van der Waals surface area contributed by atoms with E-state index >= 15 is 0 Å². The van der Waals surface area contributed by atoms with Gasteiger partial charge in [0.2, 0.25) is 0 Å². The number of rotatable bonds is 5. The van der Waals surface area contributed by atoms with E-state index in [9.17, 15) is 8.42 Å². The van der Waals surface area contributed by atoms with Crippen LogP contribution < -0.4 is 4.72 Å². The lowest BCUT2D eigenvalue weighted by molar-refractivity contribution is 0.265. The lowest BCUT2D eigenvalue weighted by Crippen LogP contribution is -2.48. The summed E-state index contributed by atoms with van der Waals surface area (Å²) in [6.45, 7) is 2.99. The van der Waals surface area contributed by atoms with E-state index < -0.39 is 10.2 Å². The van der Waals surface area contributed by atoms with Crippen LogP contribution in [0.15, 0.2) is 36.5 Å². The van der Waals surface area contributed by atoms with Crippen molar-refractivity contribution < 1.29 is 8.42 Å². The molecule has 23 heavy (non-hydrogen) atoms. The number of benzene rings is 1. The van der Waals surface area contributed by atoms with Crippen LogP contribution in [0, 0.1) is 0 Å². The highest BCUT2D eigenvalue weighted by molar-refractivity contribution is 7.87. The third kappa shape index (κ3) is 3.71. The zero-order valence-electron chi connectivity index (χ0n) is 13.4. The number of hydrogen-bond donors (Lipinski definition) is 1. The molecule has 2 heterocycles. The monoisotopic (exact) mass is 333 g/mol. The van der Waals surface area contributed by atoms with Crippen LogP contribution in [-0.4, -0.2) is 36.8 Å². The Hall–Kier alpha value is -1.50. The summed E-state index contributed by atoms with van der Waals surface area (Å²) < 4.78 is 29.2. The quantitative estimate of drug-likeness (QED) is 0.914. The largest absolute Gasteiger partial charge is 0.279 e. The molecule has 5 nitrogen and oxygen atoms in total. The number of para-hydroxylation sites is 1. The van der Waals surface area contributed by atoms with Crippen LogP contribution in [-0.2, 0) is 16.6 Å². The van der Waals surface area contributed by atoms with Crippen LogP contribution in [0.4, 0.5) is 0 Å². The summed E-state index contributed by atoms with van der Waals surface area (Å²) in [5.74, 6) is 0. The first kappa shape index (κ1) is 16.4. The molecule has 1 aliphatic heterocycles. The molecule has 1 aliphatic rings. The first-order valence-corrected chi connectivity index (χ1v) is 9.61. The van der Waals surface area contributed by atoms with Crippen molar-refractivity contribution >= 4 is 21.1 Å². The topological polar surface area (TPSA) is 62.3 Å². The highest BCUT2D eigenvalue weighted by Gasteiger charge is 2.28. The predicted molar refractivity (Wildman–Crippen MR) is 92.4 cm³/mol. The fourth-order valence-electron chi connectivity index (χ4n) is 3.20. The molecule has 0 radical (unpaired) electrons. The summed E-state index contributed by atoms with van der Waals surface area (Å²) in [6, 6.07) is 10.0. The van der Waals surface area contributed by atoms with Crippen molar-refractivity contribution in [3.05, 3.63) is 42.1 Å². The molecule has 0 saturated carbocycles. The highest BCUT2D eigenvalue weighted by atomic mass is 32.2.